The van der Waals surface area contributed by atoms with Crippen molar-refractivity contribution in [3.63, 3.8) is 0 Å². The number of phosphoric ester groups is 1. The van der Waals surface area contributed by atoms with Crippen LogP contribution >= 0.6 is 7.82 Å². The number of ether oxygens (including phenoxy) is 2. The first-order chi connectivity index (χ1) is 13.3. The normalized spacial score (nSPS) is 11.8. The molecule has 28 heavy (non-hydrogen) atoms. The molecule has 1 rings (SSSR count). The molecule has 1 aromatic carbocycles. The van der Waals surface area contributed by atoms with E-state index in [4.69, 9.17) is 23.0 Å². The number of hydrogen-bond donors (Lipinski definition) is 1. The minimum atomic E-state index is -3.78. The van der Waals surface area contributed by atoms with Crippen LogP contribution in [0.1, 0.15) is 33.3 Å². The summed E-state index contributed by atoms with van der Waals surface area (Å²) < 4.78 is 38.4. The average molecular weight is 417 g/mol. The van der Waals surface area contributed by atoms with Gasteiger partial charge in [0.15, 0.2) is 0 Å². The summed E-state index contributed by atoms with van der Waals surface area (Å²) in [6.45, 7) is 8.60. The molecule has 0 saturated heterocycles. The first-order valence-corrected chi connectivity index (χ1v) is 10.8. The quantitative estimate of drug-likeness (QED) is 0.273. The zero-order chi connectivity index (χ0) is 20.8. The van der Waals surface area contributed by atoms with Gasteiger partial charge in [0.2, 0.25) is 6.79 Å². The van der Waals surface area contributed by atoms with Crippen molar-refractivity contribution in [2.75, 3.05) is 33.2 Å². The number of carbonyl (C=O) groups excluding carboxylic acids is 1. The number of amides is 1. The molecule has 0 saturated carbocycles. The highest BCUT2D eigenvalue weighted by molar-refractivity contribution is 7.48. The van der Waals surface area contributed by atoms with Crippen molar-refractivity contribution in [1.82, 2.24) is 5.32 Å². The predicted octanol–water partition coefficient (Wildman–Crippen LogP) is 4.36. The lowest BCUT2D eigenvalue weighted by Gasteiger charge is -2.19. The third-order valence-electron chi connectivity index (χ3n) is 3.16. The van der Waals surface area contributed by atoms with Crippen molar-refractivity contribution >= 4 is 13.9 Å². The van der Waals surface area contributed by atoms with Gasteiger partial charge in [0.1, 0.15) is 0 Å². The van der Waals surface area contributed by atoms with E-state index in [9.17, 15) is 9.36 Å². The van der Waals surface area contributed by atoms with Crippen LogP contribution in [0.25, 0.3) is 0 Å². The molecule has 0 aliphatic heterocycles. The Bertz CT molecular complexity index is 579. The topological polar surface area (TPSA) is 92.3 Å². The van der Waals surface area contributed by atoms with E-state index >= 15 is 0 Å². The van der Waals surface area contributed by atoms with Crippen LogP contribution in [0.4, 0.5) is 4.79 Å². The van der Waals surface area contributed by atoms with Gasteiger partial charge < -0.3 is 14.8 Å². The van der Waals surface area contributed by atoms with E-state index in [0.29, 0.717) is 13.2 Å². The molecule has 0 unspecified atom stereocenters. The molecular formula is C19H32NO7P. The summed E-state index contributed by atoms with van der Waals surface area (Å²) in [7, 11) is -3.78. The Kier molecular flexibility index (Phi) is 12.0. The Morgan fingerprint density at radius 2 is 1.61 bits per heavy atom. The van der Waals surface area contributed by atoms with Gasteiger partial charge in [-0.2, -0.15) is 0 Å². The maximum absolute atomic E-state index is 12.5. The highest BCUT2D eigenvalue weighted by Crippen LogP contribution is 2.50. The Labute approximate surface area is 167 Å². The lowest BCUT2D eigenvalue weighted by atomic mass is 10.2. The minimum absolute atomic E-state index is 0.152. The van der Waals surface area contributed by atoms with Gasteiger partial charge in [0, 0.05) is 6.54 Å². The van der Waals surface area contributed by atoms with Crippen molar-refractivity contribution in [3.8, 4) is 0 Å². The number of nitrogens with one attached hydrogen (secondary N) is 1. The molecule has 0 radical (unpaired) electrons. The number of rotatable bonds is 14. The van der Waals surface area contributed by atoms with E-state index in [1.54, 1.807) is 0 Å². The molecular weight excluding hydrogens is 385 g/mol. The fourth-order valence-electron chi connectivity index (χ4n) is 1.78. The van der Waals surface area contributed by atoms with E-state index in [0.717, 1.165) is 5.56 Å². The Morgan fingerprint density at radius 3 is 2.18 bits per heavy atom. The molecule has 0 fully saturated rings. The van der Waals surface area contributed by atoms with Crippen LogP contribution in [0.2, 0.25) is 0 Å². The molecule has 0 bridgehead atoms. The second kappa shape index (κ2) is 13.7. The molecule has 0 aliphatic carbocycles. The number of alkyl carbamates (subject to hydrolysis) is 1. The first kappa shape index (κ1) is 24.6. The van der Waals surface area contributed by atoms with Crippen molar-refractivity contribution in [2.45, 2.75) is 34.3 Å². The van der Waals surface area contributed by atoms with Crippen LogP contribution in [-0.2, 0) is 34.2 Å². The fraction of sp³-hybridized carbons (Fsp3) is 0.632. The predicted molar refractivity (Wildman–Crippen MR) is 106 cm³/mol. The average Bonchev–Trinajstić information content (AvgIpc) is 2.65. The third-order valence-corrected chi connectivity index (χ3v) is 4.51. The third kappa shape index (κ3) is 12.1. The summed E-state index contributed by atoms with van der Waals surface area (Å²) in [5, 5.41) is 2.52. The molecule has 1 N–H and O–H groups in total. The lowest BCUT2D eigenvalue weighted by molar-refractivity contribution is 0.0155. The molecule has 0 aliphatic rings. The van der Waals surface area contributed by atoms with Crippen molar-refractivity contribution in [2.24, 2.45) is 11.8 Å². The van der Waals surface area contributed by atoms with Gasteiger partial charge in [-0.1, -0.05) is 58.0 Å². The monoisotopic (exact) mass is 417 g/mol. The summed E-state index contributed by atoms with van der Waals surface area (Å²) >= 11 is 0. The van der Waals surface area contributed by atoms with E-state index in [1.165, 1.54) is 0 Å². The summed E-state index contributed by atoms with van der Waals surface area (Å²) in [5.74, 6) is 0.305. The summed E-state index contributed by atoms with van der Waals surface area (Å²) in [4.78, 5) is 11.7. The van der Waals surface area contributed by atoms with Crippen LogP contribution in [0.15, 0.2) is 30.3 Å². The lowest BCUT2D eigenvalue weighted by Crippen LogP contribution is -2.28. The number of hydrogen-bond acceptors (Lipinski definition) is 7. The van der Waals surface area contributed by atoms with Crippen LogP contribution < -0.4 is 5.32 Å². The molecule has 1 amide bonds. The standard InChI is InChI=1S/C19H32NO7P/c1-16(2)12-25-28(22,26-13-17(3)4)27-15-24-19(21)20-10-11-23-14-18-8-6-5-7-9-18/h5-9,16-17H,10-15H2,1-4H3,(H,20,21). The Balaban J connectivity index is 2.22. The number of benzene rings is 1. The highest BCUT2D eigenvalue weighted by atomic mass is 31.2. The molecule has 0 aromatic heterocycles. The molecule has 1 aromatic rings. The zero-order valence-electron chi connectivity index (χ0n) is 17.1. The molecule has 0 heterocycles. The van der Waals surface area contributed by atoms with Crippen molar-refractivity contribution in [1.29, 1.82) is 0 Å². The summed E-state index contributed by atoms with van der Waals surface area (Å²) in [6.07, 6.45) is -0.706. The van der Waals surface area contributed by atoms with Gasteiger partial charge in [-0.3, -0.25) is 9.05 Å². The molecule has 160 valence electrons. The summed E-state index contributed by atoms with van der Waals surface area (Å²) in [6, 6.07) is 9.72. The number of phosphoric acid groups is 1. The van der Waals surface area contributed by atoms with Gasteiger partial charge in [0.05, 0.1) is 26.4 Å². The highest BCUT2D eigenvalue weighted by Gasteiger charge is 2.28. The summed E-state index contributed by atoms with van der Waals surface area (Å²) in [5.41, 5.74) is 1.05. The zero-order valence-corrected chi connectivity index (χ0v) is 18.0. The Morgan fingerprint density at radius 1 is 1.00 bits per heavy atom. The van der Waals surface area contributed by atoms with Gasteiger partial charge in [0.25, 0.3) is 0 Å². The smallest absolute Gasteiger partial charge is 0.422 e. The van der Waals surface area contributed by atoms with Gasteiger partial charge in [-0.05, 0) is 17.4 Å². The van der Waals surface area contributed by atoms with E-state index in [2.05, 4.69) is 5.32 Å². The fourth-order valence-corrected chi connectivity index (χ4v) is 3.14. The van der Waals surface area contributed by atoms with E-state index in [1.807, 2.05) is 58.0 Å². The largest absolute Gasteiger partial charge is 0.477 e. The van der Waals surface area contributed by atoms with Gasteiger partial charge >= 0.3 is 13.9 Å². The molecule has 8 nitrogen and oxygen atoms in total. The van der Waals surface area contributed by atoms with E-state index < -0.39 is 20.7 Å². The maximum Gasteiger partial charge on any atom is 0.477 e. The van der Waals surface area contributed by atoms with Crippen molar-refractivity contribution in [3.05, 3.63) is 35.9 Å². The minimum Gasteiger partial charge on any atom is -0.422 e. The van der Waals surface area contributed by atoms with Crippen molar-refractivity contribution < 1.29 is 32.4 Å². The van der Waals surface area contributed by atoms with Crippen LogP contribution in [0.3, 0.4) is 0 Å². The molecule has 0 spiro atoms. The SMILES string of the molecule is CC(C)COP(=O)(OCOC(=O)NCCOCc1ccccc1)OCC(C)C. The maximum atomic E-state index is 12.5. The Hall–Kier alpha value is -1.44. The second-order valence-corrected chi connectivity index (χ2v) is 8.64. The first-order valence-electron chi connectivity index (χ1n) is 9.36. The molecule has 9 heteroatoms. The second-order valence-electron chi connectivity index (χ2n) is 6.97. The van der Waals surface area contributed by atoms with Gasteiger partial charge in [-0.15, -0.1) is 0 Å². The van der Waals surface area contributed by atoms with Gasteiger partial charge in [-0.25, -0.2) is 13.9 Å². The van der Waals surface area contributed by atoms with Crippen LogP contribution in [0.5, 0.6) is 0 Å². The number of carbonyl (C=O) groups is 1. The molecule has 0 atom stereocenters. The van der Waals surface area contributed by atoms with Crippen LogP contribution in [-0.4, -0.2) is 39.3 Å². The van der Waals surface area contributed by atoms with E-state index in [-0.39, 0.29) is 31.6 Å². The van der Waals surface area contributed by atoms with Crippen LogP contribution in [0, 0.1) is 11.8 Å².